The van der Waals surface area contributed by atoms with E-state index in [1.165, 1.54) is 14.0 Å². The van der Waals surface area contributed by atoms with Crippen LogP contribution in [0.1, 0.15) is 49.9 Å². The average molecular weight is 572 g/mol. The number of esters is 1. The first-order valence-corrected chi connectivity index (χ1v) is 13.8. The minimum atomic E-state index is -1.25. The van der Waals surface area contributed by atoms with Gasteiger partial charge in [0.2, 0.25) is 11.8 Å². The molecule has 4 rings (SSSR count). The zero-order valence-electron chi connectivity index (χ0n) is 24.5. The molecule has 1 aliphatic rings. The summed E-state index contributed by atoms with van der Waals surface area (Å²) in [6.45, 7) is 6.67. The molecule has 1 aliphatic heterocycles. The number of carbonyl (C=O) groups excluding carboxylic acids is 4. The molecule has 1 fully saturated rings. The van der Waals surface area contributed by atoms with E-state index in [1.807, 2.05) is 84.9 Å². The molecule has 0 bridgehead atoms. The third kappa shape index (κ3) is 6.62. The largest absolute Gasteiger partial charge is 0.467 e. The van der Waals surface area contributed by atoms with Gasteiger partial charge in [-0.15, -0.1) is 0 Å². The Labute approximate surface area is 246 Å². The number of hydrogen-bond donors (Lipinski definition) is 2. The smallest absolute Gasteiger partial charge is 0.408 e. The second-order valence-corrected chi connectivity index (χ2v) is 11.3. The first-order valence-electron chi connectivity index (χ1n) is 13.8. The van der Waals surface area contributed by atoms with E-state index in [1.54, 1.807) is 25.7 Å². The van der Waals surface area contributed by atoms with Gasteiger partial charge in [-0.3, -0.25) is 14.5 Å². The topological polar surface area (TPSA) is 114 Å². The number of amides is 3. The Morgan fingerprint density at radius 3 is 2.02 bits per heavy atom. The van der Waals surface area contributed by atoms with E-state index < -0.39 is 35.4 Å². The highest BCUT2D eigenvalue weighted by molar-refractivity contribution is 5.93. The molecule has 0 aliphatic carbocycles. The van der Waals surface area contributed by atoms with Crippen LogP contribution in [0.2, 0.25) is 0 Å². The fourth-order valence-corrected chi connectivity index (χ4v) is 5.32. The van der Waals surface area contributed by atoms with Gasteiger partial charge in [-0.05, 0) is 31.9 Å². The molecule has 3 atom stereocenters. The molecule has 0 radical (unpaired) electrons. The van der Waals surface area contributed by atoms with Crippen molar-refractivity contribution in [2.45, 2.75) is 63.9 Å². The molecule has 0 aromatic heterocycles. The summed E-state index contributed by atoms with van der Waals surface area (Å²) >= 11 is 0. The highest BCUT2D eigenvalue weighted by Gasteiger charge is 2.54. The summed E-state index contributed by atoms with van der Waals surface area (Å²) in [5.41, 5.74) is 1.09. The van der Waals surface area contributed by atoms with Crippen molar-refractivity contribution < 1.29 is 28.7 Å². The van der Waals surface area contributed by atoms with Crippen LogP contribution in [-0.2, 0) is 42.4 Å². The van der Waals surface area contributed by atoms with E-state index in [-0.39, 0.29) is 18.2 Å². The fourth-order valence-electron chi connectivity index (χ4n) is 5.32. The maximum Gasteiger partial charge on any atom is 0.408 e. The first kappa shape index (κ1) is 30.3. The van der Waals surface area contributed by atoms with Crippen molar-refractivity contribution in [1.29, 1.82) is 0 Å². The van der Waals surface area contributed by atoms with Gasteiger partial charge in [-0.1, -0.05) is 84.9 Å². The molecule has 3 aromatic carbocycles. The SMILES string of the molecule is COC(=O)[C@H](Cc1ccc(C2(c3ccccc3)NC(=O)C(Cc3ccccc3)N2C(C)=O)cc1)NC(=O)OC(C)(C)C. The molecule has 3 amide bonds. The van der Waals surface area contributed by atoms with E-state index in [9.17, 15) is 19.2 Å². The molecule has 1 saturated heterocycles. The Morgan fingerprint density at radius 1 is 0.905 bits per heavy atom. The van der Waals surface area contributed by atoms with Crippen LogP contribution in [0.3, 0.4) is 0 Å². The van der Waals surface area contributed by atoms with Crippen molar-refractivity contribution in [2.24, 2.45) is 0 Å². The van der Waals surface area contributed by atoms with Gasteiger partial charge < -0.3 is 20.1 Å². The van der Waals surface area contributed by atoms with Gasteiger partial charge in [0.05, 0.1) is 7.11 Å². The second kappa shape index (κ2) is 12.5. The number of ether oxygens (including phenoxy) is 2. The maximum atomic E-state index is 13.6. The van der Waals surface area contributed by atoms with Crippen molar-refractivity contribution in [1.82, 2.24) is 15.5 Å². The zero-order valence-corrected chi connectivity index (χ0v) is 24.5. The van der Waals surface area contributed by atoms with Gasteiger partial charge in [0.15, 0.2) is 5.66 Å². The predicted molar refractivity (Wildman–Crippen MR) is 157 cm³/mol. The first-order chi connectivity index (χ1) is 19.9. The number of nitrogens with zero attached hydrogens (tertiary/aromatic N) is 1. The van der Waals surface area contributed by atoms with E-state index in [4.69, 9.17) is 9.47 Å². The zero-order chi connectivity index (χ0) is 30.5. The summed E-state index contributed by atoms with van der Waals surface area (Å²) in [6, 6.07) is 24.5. The number of rotatable bonds is 8. The van der Waals surface area contributed by atoms with Gasteiger partial charge in [0.25, 0.3) is 0 Å². The van der Waals surface area contributed by atoms with E-state index >= 15 is 0 Å². The molecule has 3 aromatic rings. The lowest BCUT2D eigenvalue weighted by Gasteiger charge is -2.40. The predicted octanol–water partition coefficient (Wildman–Crippen LogP) is 4.09. The standard InChI is InChI=1S/C33H37N3O6/c1-22(37)36-28(21-23-12-8-6-9-13-23)29(38)35-33(36,25-14-10-7-11-15-25)26-18-16-24(17-19-26)20-27(30(39)41-5)34-31(40)42-32(2,3)4/h6-19,27-28H,20-21H2,1-5H3,(H,34,40)(H,35,38)/t27-,28?,33?/m0/s1. The number of benzene rings is 3. The van der Waals surface area contributed by atoms with Crippen LogP contribution in [0, 0.1) is 0 Å². The molecule has 1 heterocycles. The molecule has 0 saturated carbocycles. The van der Waals surface area contributed by atoms with Crippen molar-refractivity contribution in [2.75, 3.05) is 7.11 Å². The Balaban J connectivity index is 1.69. The molecule has 9 nitrogen and oxygen atoms in total. The Morgan fingerprint density at radius 2 is 1.48 bits per heavy atom. The summed E-state index contributed by atoms with van der Waals surface area (Å²) in [4.78, 5) is 53.4. The van der Waals surface area contributed by atoms with Gasteiger partial charge >= 0.3 is 12.1 Å². The summed E-state index contributed by atoms with van der Waals surface area (Å²) in [5, 5.41) is 5.74. The molecular weight excluding hydrogens is 534 g/mol. The summed E-state index contributed by atoms with van der Waals surface area (Å²) in [5.74, 6) is -1.12. The van der Waals surface area contributed by atoms with Crippen LogP contribution in [0.5, 0.6) is 0 Å². The average Bonchev–Trinajstić information content (AvgIpc) is 3.25. The third-order valence-electron chi connectivity index (χ3n) is 7.07. The van der Waals surface area contributed by atoms with Gasteiger partial charge in [0, 0.05) is 30.9 Å². The van der Waals surface area contributed by atoms with Gasteiger partial charge in [0.1, 0.15) is 17.7 Å². The lowest BCUT2D eigenvalue weighted by molar-refractivity contribution is -0.143. The van der Waals surface area contributed by atoms with Crippen LogP contribution in [-0.4, -0.2) is 53.6 Å². The Kier molecular flexibility index (Phi) is 8.99. The fraction of sp³-hybridized carbons (Fsp3) is 0.333. The second-order valence-electron chi connectivity index (χ2n) is 11.3. The van der Waals surface area contributed by atoms with Crippen LogP contribution < -0.4 is 10.6 Å². The molecular formula is C33H37N3O6. The quantitative estimate of drug-likeness (QED) is 0.394. The Hall–Kier alpha value is -4.66. The number of methoxy groups -OCH3 is 1. The minimum Gasteiger partial charge on any atom is -0.467 e. The van der Waals surface area contributed by atoms with Crippen LogP contribution >= 0.6 is 0 Å². The number of alkyl carbamates (subject to hydrolysis) is 1. The van der Waals surface area contributed by atoms with Gasteiger partial charge in [-0.25, -0.2) is 9.59 Å². The Bertz CT molecular complexity index is 1420. The molecule has 9 heteroatoms. The summed E-state index contributed by atoms with van der Waals surface area (Å²) in [6.07, 6.45) is -0.229. The minimum absolute atomic E-state index is 0.143. The van der Waals surface area contributed by atoms with Crippen molar-refractivity contribution in [3.8, 4) is 0 Å². The van der Waals surface area contributed by atoms with Crippen molar-refractivity contribution >= 4 is 23.9 Å². The molecule has 2 unspecified atom stereocenters. The van der Waals surface area contributed by atoms with E-state index in [0.29, 0.717) is 12.0 Å². The highest BCUT2D eigenvalue weighted by Crippen LogP contribution is 2.40. The van der Waals surface area contributed by atoms with Crippen LogP contribution in [0.25, 0.3) is 0 Å². The van der Waals surface area contributed by atoms with E-state index in [2.05, 4.69) is 10.6 Å². The summed E-state index contributed by atoms with van der Waals surface area (Å²) < 4.78 is 10.2. The lowest BCUT2D eigenvalue weighted by Crippen LogP contribution is -2.53. The molecule has 42 heavy (non-hydrogen) atoms. The molecule has 2 N–H and O–H groups in total. The van der Waals surface area contributed by atoms with Crippen LogP contribution in [0.4, 0.5) is 4.79 Å². The van der Waals surface area contributed by atoms with E-state index in [0.717, 1.165) is 16.7 Å². The van der Waals surface area contributed by atoms with Crippen molar-refractivity contribution in [3.05, 3.63) is 107 Å². The summed E-state index contributed by atoms with van der Waals surface area (Å²) in [7, 11) is 1.25. The number of hydrogen-bond acceptors (Lipinski definition) is 6. The lowest BCUT2D eigenvalue weighted by atomic mass is 9.88. The molecule has 220 valence electrons. The van der Waals surface area contributed by atoms with Crippen LogP contribution in [0.15, 0.2) is 84.9 Å². The molecule has 0 spiro atoms. The number of nitrogens with one attached hydrogen (secondary N) is 2. The third-order valence-corrected chi connectivity index (χ3v) is 7.07. The monoisotopic (exact) mass is 571 g/mol. The number of carbonyl (C=O) groups is 4. The highest BCUT2D eigenvalue weighted by atomic mass is 16.6. The normalized spacial score (nSPS) is 19.0. The maximum absolute atomic E-state index is 13.6. The van der Waals surface area contributed by atoms with Gasteiger partial charge in [-0.2, -0.15) is 0 Å². The van der Waals surface area contributed by atoms with Crippen molar-refractivity contribution in [3.63, 3.8) is 0 Å².